The summed E-state index contributed by atoms with van der Waals surface area (Å²) in [7, 11) is 0. The molecule has 2 amide bonds. The number of halogens is 3. The lowest BCUT2D eigenvalue weighted by Gasteiger charge is -2.25. The van der Waals surface area contributed by atoms with E-state index < -0.39 is 23.7 Å². The number of hydrogen-bond donors (Lipinski definition) is 1. The molecule has 1 fully saturated rings. The van der Waals surface area contributed by atoms with Gasteiger partial charge in [-0.25, -0.2) is 0 Å². The molecule has 1 atom stereocenters. The number of nitrogens with zero attached hydrogens (tertiary/aromatic N) is 1. The van der Waals surface area contributed by atoms with Gasteiger partial charge in [0.25, 0.3) is 0 Å². The van der Waals surface area contributed by atoms with Crippen LogP contribution in [-0.2, 0) is 15.8 Å². The molecule has 0 aromatic heterocycles. The molecule has 1 saturated heterocycles. The number of amides is 2. The van der Waals surface area contributed by atoms with Crippen LogP contribution in [0.1, 0.15) is 42.5 Å². The lowest BCUT2D eigenvalue weighted by atomic mass is 10.0. The van der Waals surface area contributed by atoms with Crippen molar-refractivity contribution in [1.82, 2.24) is 10.2 Å². The van der Waals surface area contributed by atoms with Crippen molar-refractivity contribution in [2.24, 2.45) is 0 Å². The number of hydrogen-bond acceptors (Lipinski definition) is 3. The average Bonchev–Trinajstić information content (AvgIpc) is 3.17. The third-order valence-corrected chi connectivity index (χ3v) is 5.13. The molecule has 0 bridgehead atoms. The number of likely N-dealkylation sites (tertiary alicyclic amines) is 1. The average molecular weight is 446 g/mol. The van der Waals surface area contributed by atoms with Crippen molar-refractivity contribution >= 4 is 17.9 Å². The van der Waals surface area contributed by atoms with E-state index in [-0.39, 0.29) is 12.5 Å². The lowest BCUT2D eigenvalue weighted by Crippen LogP contribution is -2.38. The van der Waals surface area contributed by atoms with E-state index >= 15 is 0 Å². The van der Waals surface area contributed by atoms with Crippen molar-refractivity contribution in [3.63, 3.8) is 0 Å². The third-order valence-electron chi connectivity index (χ3n) is 5.13. The summed E-state index contributed by atoms with van der Waals surface area (Å²) in [6, 6.07) is 11.2. The first kappa shape index (κ1) is 23.4. The molecule has 0 saturated carbocycles. The first-order valence-electron chi connectivity index (χ1n) is 10.4. The summed E-state index contributed by atoms with van der Waals surface area (Å²) in [6.07, 6.45) is -0.473. The van der Waals surface area contributed by atoms with Crippen molar-refractivity contribution in [3.8, 4) is 5.75 Å². The molecule has 0 radical (unpaired) electrons. The van der Waals surface area contributed by atoms with Crippen LogP contribution in [0, 0.1) is 0 Å². The van der Waals surface area contributed by atoms with Crippen LogP contribution in [0.25, 0.3) is 6.08 Å². The monoisotopic (exact) mass is 446 g/mol. The Bertz CT molecular complexity index is 971. The van der Waals surface area contributed by atoms with Gasteiger partial charge in [0.1, 0.15) is 5.75 Å². The number of nitrogens with one attached hydrogen (secondary N) is 1. The summed E-state index contributed by atoms with van der Waals surface area (Å²) in [6.45, 7) is 3.07. The minimum Gasteiger partial charge on any atom is -0.494 e. The fraction of sp³-hybridized carbons (Fsp3) is 0.333. The van der Waals surface area contributed by atoms with Crippen LogP contribution in [0.3, 0.4) is 0 Å². The van der Waals surface area contributed by atoms with Crippen LogP contribution < -0.4 is 10.1 Å². The Balaban J connectivity index is 1.76. The molecular formula is C24H25F3N2O3. The zero-order valence-corrected chi connectivity index (χ0v) is 17.7. The fourth-order valence-electron chi connectivity index (χ4n) is 3.52. The maximum atomic E-state index is 13.2. The highest BCUT2D eigenvalue weighted by atomic mass is 19.4. The zero-order chi connectivity index (χ0) is 23.1. The van der Waals surface area contributed by atoms with E-state index in [4.69, 9.17) is 4.74 Å². The molecule has 8 heteroatoms. The van der Waals surface area contributed by atoms with Gasteiger partial charge < -0.3 is 15.0 Å². The first-order valence-corrected chi connectivity index (χ1v) is 10.4. The van der Waals surface area contributed by atoms with E-state index in [2.05, 4.69) is 5.32 Å². The molecule has 3 rings (SSSR count). The predicted octanol–water partition coefficient (Wildman–Crippen LogP) is 4.60. The van der Waals surface area contributed by atoms with Crippen LogP contribution in [0.15, 0.2) is 54.6 Å². The second-order valence-corrected chi connectivity index (χ2v) is 7.46. The summed E-state index contributed by atoms with van der Waals surface area (Å²) in [5.74, 6) is 0.183. The Hall–Kier alpha value is -3.29. The Morgan fingerprint density at radius 3 is 2.59 bits per heavy atom. The second kappa shape index (κ2) is 10.3. The minimum atomic E-state index is -4.50. The van der Waals surface area contributed by atoms with Gasteiger partial charge in [0.15, 0.2) is 0 Å². The summed E-state index contributed by atoms with van der Waals surface area (Å²) in [5.41, 5.74) is 0.267. The fourth-order valence-corrected chi connectivity index (χ4v) is 3.52. The summed E-state index contributed by atoms with van der Waals surface area (Å²) >= 11 is 0. The van der Waals surface area contributed by atoms with Gasteiger partial charge in [-0.3, -0.25) is 9.59 Å². The first-order chi connectivity index (χ1) is 15.3. The van der Waals surface area contributed by atoms with Crippen molar-refractivity contribution in [2.75, 3.05) is 19.7 Å². The normalized spacial score (nSPS) is 15.2. The third kappa shape index (κ3) is 6.35. The SMILES string of the molecule is CCOc1ccc(/C=C/C(=O)NC(CN2CCCC2=O)c2cccc(C(F)(F)F)c2)cc1. The highest BCUT2D eigenvalue weighted by Gasteiger charge is 2.32. The number of carbonyl (C=O) groups is 2. The molecule has 2 aromatic rings. The molecule has 170 valence electrons. The zero-order valence-electron chi connectivity index (χ0n) is 17.7. The van der Waals surface area contributed by atoms with E-state index in [1.54, 1.807) is 35.2 Å². The van der Waals surface area contributed by atoms with E-state index in [0.717, 1.165) is 17.7 Å². The molecular weight excluding hydrogens is 421 g/mol. The number of ether oxygens (including phenoxy) is 1. The molecule has 0 spiro atoms. The van der Waals surface area contributed by atoms with E-state index in [9.17, 15) is 22.8 Å². The van der Waals surface area contributed by atoms with Crippen LogP contribution in [0.5, 0.6) is 5.75 Å². The van der Waals surface area contributed by atoms with Gasteiger partial charge in [0.2, 0.25) is 11.8 Å². The van der Waals surface area contributed by atoms with Crippen molar-refractivity contribution in [3.05, 3.63) is 71.3 Å². The van der Waals surface area contributed by atoms with Crippen LogP contribution in [0.2, 0.25) is 0 Å². The van der Waals surface area contributed by atoms with Crippen LogP contribution in [0.4, 0.5) is 13.2 Å². The molecule has 1 N–H and O–H groups in total. The molecule has 32 heavy (non-hydrogen) atoms. The van der Waals surface area contributed by atoms with Gasteiger partial charge in [-0.1, -0.05) is 24.3 Å². The van der Waals surface area contributed by atoms with Crippen LogP contribution >= 0.6 is 0 Å². The molecule has 0 aliphatic carbocycles. The molecule has 1 aliphatic heterocycles. The predicted molar refractivity (Wildman–Crippen MR) is 115 cm³/mol. The maximum Gasteiger partial charge on any atom is 0.416 e. The Kier molecular flexibility index (Phi) is 7.56. The summed E-state index contributed by atoms with van der Waals surface area (Å²) in [4.78, 5) is 26.2. The Morgan fingerprint density at radius 2 is 1.97 bits per heavy atom. The smallest absolute Gasteiger partial charge is 0.416 e. The standard InChI is InChI=1S/C24H25F3N2O3/c1-2-32-20-11-8-17(9-12-20)10-13-22(30)28-21(16-29-14-4-7-23(29)31)18-5-3-6-19(15-18)24(25,26)27/h3,5-6,8-13,15,21H,2,4,7,14,16H2,1H3,(H,28,30)/b13-10+. The summed E-state index contributed by atoms with van der Waals surface area (Å²) in [5, 5.41) is 2.75. The topological polar surface area (TPSA) is 58.6 Å². The highest BCUT2D eigenvalue weighted by Crippen LogP contribution is 2.31. The van der Waals surface area contributed by atoms with Crippen molar-refractivity contribution < 1.29 is 27.5 Å². The highest BCUT2D eigenvalue weighted by molar-refractivity contribution is 5.92. The summed E-state index contributed by atoms with van der Waals surface area (Å²) < 4.78 is 44.9. The minimum absolute atomic E-state index is 0.0684. The van der Waals surface area contributed by atoms with Gasteiger partial charge in [-0.2, -0.15) is 13.2 Å². The molecule has 1 unspecified atom stereocenters. The van der Waals surface area contributed by atoms with E-state index in [0.29, 0.717) is 37.3 Å². The lowest BCUT2D eigenvalue weighted by molar-refractivity contribution is -0.137. The maximum absolute atomic E-state index is 13.2. The van der Waals surface area contributed by atoms with Crippen LogP contribution in [-0.4, -0.2) is 36.4 Å². The largest absolute Gasteiger partial charge is 0.494 e. The van der Waals surface area contributed by atoms with Gasteiger partial charge >= 0.3 is 6.18 Å². The second-order valence-electron chi connectivity index (χ2n) is 7.46. The van der Waals surface area contributed by atoms with Gasteiger partial charge in [0, 0.05) is 25.6 Å². The van der Waals surface area contributed by atoms with Gasteiger partial charge in [-0.15, -0.1) is 0 Å². The quantitative estimate of drug-likeness (QED) is 0.603. The van der Waals surface area contributed by atoms with Crippen molar-refractivity contribution in [2.45, 2.75) is 32.0 Å². The Morgan fingerprint density at radius 1 is 1.22 bits per heavy atom. The van der Waals surface area contributed by atoms with Crippen molar-refractivity contribution in [1.29, 1.82) is 0 Å². The molecule has 2 aromatic carbocycles. The molecule has 1 aliphatic rings. The number of benzene rings is 2. The Labute approximate surface area is 184 Å². The van der Waals surface area contributed by atoms with E-state index in [1.807, 2.05) is 6.92 Å². The number of rotatable bonds is 8. The molecule has 5 nitrogen and oxygen atoms in total. The van der Waals surface area contributed by atoms with Gasteiger partial charge in [0.05, 0.1) is 18.2 Å². The number of carbonyl (C=O) groups excluding carboxylic acids is 2. The van der Waals surface area contributed by atoms with E-state index in [1.165, 1.54) is 18.2 Å². The molecule has 1 heterocycles. The van der Waals surface area contributed by atoms with Gasteiger partial charge in [-0.05, 0) is 54.8 Å². The number of alkyl halides is 3.